The number of allylic oxidation sites excluding steroid dienone is 1. The molecule has 0 aliphatic rings. The standard InChI is InChI=1S/2C4H9.C4H7.Sn/c3*1-3-4-2;/h2*1,3-4H2,2H3;1,3H,4H2,2H3;. The molecule has 0 N–H and O–H groups in total. The predicted molar refractivity (Wildman–Crippen MR) is 64.6 cm³/mol. The van der Waals surface area contributed by atoms with Gasteiger partial charge < -0.3 is 0 Å². The molecule has 0 fully saturated rings. The third kappa shape index (κ3) is 8.86. The third-order valence-electron chi connectivity index (χ3n) is 2.29. The molecule has 0 amide bonds. The molecule has 0 rings (SSSR count). The molecule has 0 aromatic rings. The Labute approximate surface area is 91.5 Å². The minimum absolute atomic E-state index is 1.02. The zero-order valence-corrected chi connectivity index (χ0v) is 12.5. The van der Waals surface area contributed by atoms with Gasteiger partial charge in [-0.05, 0) is 0 Å². The van der Waals surface area contributed by atoms with E-state index in [2.05, 4.69) is 30.9 Å². The van der Waals surface area contributed by atoms with Crippen LogP contribution in [0.3, 0.4) is 0 Å². The van der Waals surface area contributed by atoms with E-state index in [0.29, 0.717) is 0 Å². The number of hydrogen-bond donors (Lipinski definition) is 0. The van der Waals surface area contributed by atoms with E-state index in [4.69, 9.17) is 0 Å². The molecule has 0 saturated carbocycles. The van der Waals surface area contributed by atoms with Crippen molar-refractivity contribution in [2.24, 2.45) is 0 Å². The van der Waals surface area contributed by atoms with Gasteiger partial charge in [0.2, 0.25) is 0 Å². The van der Waals surface area contributed by atoms with Gasteiger partial charge in [0.05, 0.1) is 0 Å². The molecule has 0 aliphatic carbocycles. The van der Waals surface area contributed by atoms with E-state index in [9.17, 15) is 0 Å². The first-order valence-corrected chi connectivity index (χ1v) is 11.5. The molecule has 0 saturated heterocycles. The van der Waals surface area contributed by atoms with Crippen molar-refractivity contribution < 1.29 is 0 Å². The van der Waals surface area contributed by atoms with Gasteiger partial charge in [-0.1, -0.05) is 0 Å². The van der Waals surface area contributed by atoms with E-state index < -0.39 is 19.8 Å². The van der Waals surface area contributed by atoms with Crippen molar-refractivity contribution in [3.8, 4) is 0 Å². The fourth-order valence-electron chi connectivity index (χ4n) is 1.38. The summed E-state index contributed by atoms with van der Waals surface area (Å²) in [5.41, 5.74) is 0. The summed E-state index contributed by atoms with van der Waals surface area (Å²) < 4.78 is 5.82. The molecule has 0 aliphatic heterocycles. The summed E-state index contributed by atoms with van der Waals surface area (Å²) in [4.78, 5) is 0. The van der Waals surface area contributed by atoms with E-state index in [0.717, 1.165) is 0 Å². The zero-order valence-electron chi connectivity index (χ0n) is 9.60. The van der Waals surface area contributed by atoms with Crippen molar-refractivity contribution >= 4 is 19.8 Å². The average molecular weight is 288 g/mol. The molecular formula is C12H25Sn. The summed E-state index contributed by atoms with van der Waals surface area (Å²) in [6.07, 6.45) is 9.38. The van der Waals surface area contributed by atoms with Crippen molar-refractivity contribution in [3.63, 3.8) is 0 Å². The number of hydrogen-bond acceptors (Lipinski definition) is 0. The summed E-state index contributed by atoms with van der Waals surface area (Å²) in [6, 6.07) is 0. The maximum atomic E-state index is 2.63. The monoisotopic (exact) mass is 289 g/mol. The van der Waals surface area contributed by atoms with Crippen molar-refractivity contribution in [2.45, 2.75) is 61.7 Å². The second-order valence-corrected chi connectivity index (χ2v) is 11.2. The molecular weight excluding hydrogens is 263 g/mol. The molecule has 0 heterocycles. The molecule has 1 radical (unpaired) electrons. The molecule has 0 aromatic carbocycles. The third-order valence-corrected chi connectivity index (χ3v) is 9.99. The topological polar surface area (TPSA) is 0 Å². The molecule has 0 bridgehead atoms. The summed E-state index contributed by atoms with van der Waals surface area (Å²) in [7, 11) is 0. The summed E-state index contributed by atoms with van der Waals surface area (Å²) in [5.74, 6) is 0. The average Bonchev–Trinajstić information content (AvgIpc) is 2.17. The Morgan fingerprint density at radius 1 is 0.923 bits per heavy atom. The molecule has 0 spiro atoms. The van der Waals surface area contributed by atoms with Gasteiger partial charge >= 0.3 is 91.7 Å². The second-order valence-electron chi connectivity index (χ2n) is 3.68. The van der Waals surface area contributed by atoms with E-state index in [1.807, 2.05) is 0 Å². The van der Waals surface area contributed by atoms with Gasteiger partial charge in [-0.3, -0.25) is 0 Å². The van der Waals surface area contributed by atoms with Gasteiger partial charge in [0, 0.05) is 0 Å². The minimum atomic E-state index is -1.02. The summed E-state index contributed by atoms with van der Waals surface area (Å²) >= 11 is -1.02. The van der Waals surface area contributed by atoms with Crippen LogP contribution in [-0.4, -0.2) is 19.8 Å². The van der Waals surface area contributed by atoms with Gasteiger partial charge in [-0.2, -0.15) is 0 Å². The van der Waals surface area contributed by atoms with Gasteiger partial charge in [0.1, 0.15) is 0 Å². The first kappa shape index (κ1) is 13.5. The Morgan fingerprint density at radius 3 is 1.85 bits per heavy atom. The fourth-order valence-corrected chi connectivity index (χ4v) is 9.28. The predicted octanol–water partition coefficient (Wildman–Crippen LogP) is 4.59. The molecule has 13 heavy (non-hydrogen) atoms. The van der Waals surface area contributed by atoms with Crippen LogP contribution in [0.5, 0.6) is 0 Å². The van der Waals surface area contributed by atoms with Gasteiger partial charge in [-0.25, -0.2) is 0 Å². The molecule has 1 heteroatoms. The molecule has 0 atom stereocenters. The molecule has 77 valence electrons. The van der Waals surface area contributed by atoms with Crippen molar-refractivity contribution in [1.82, 2.24) is 0 Å². The van der Waals surface area contributed by atoms with Gasteiger partial charge in [0.15, 0.2) is 0 Å². The number of rotatable bonds is 8. The van der Waals surface area contributed by atoms with E-state index in [1.165, 1.54) is 32.1 Å². The zero-order chi connectivity index (χ0) is 9.94. The van der Waals surface area contributed by atoms with Crippen LogP contribution in [0, 0.1) is 0 Å². The van der Waals surface area contributed by atoms with Crippen molar-refractivity contribution in [3.05, 3.63) is 10.2 Å². The van der Waals surface area contributed by atoms with Crippen molar-refractivity contribution in [2.75, 3.05) is 0 Å². The maximum absolute atomic E-state index is 2.63. The van der Waals surface area contributed by atoms with Crippen LogP contribution >= 0.6 is 0 Å². The Balaban J connectivity index is 3.66. The normalized spacial score (nSPS) is 11.7. The molecule has 0 nitrogen and oxygen atoms in total. The quantitative estimate of drug-likeness (QED) is 0.573. The van der Waals surface area contributed by atoms with Crippen LogP contribution in [0.15, 0.2) is 10.2 Å². The Hall–Kier alpha value is 0.539. The summed E-state index contributed by atoms with van der Waals surface area (Å²) in [6.45, 7) is 6.87. The van der Waals surface area contributed by atoms with Crippen molar-refractivity contribution in [1.29, 1.82) is 0 Å². The molecule has 0 aromatic heterocycles. The van der Waals surface area contributed by atoms with Gasteiger partial charge in [-0.15, -0.1) is 0 Å². The Morgan fingerprint density at radius 2 is 1.46 bits per heavy atom. The first-order valence-electron chi connectivity index (χ1n) is 5.86. The summed E-state index contributed by atoms with van der Waals surface area (Å²) in [5, 5.41) is 0. The van der Waals surface area contributed by atoms with Crippen LogP contribution in [-0.2, 0) is 0 Å². The van der Waals surface area contributed by atoms with Crippen LogP contribution in [0.1, 0.15) is 52.9 Å². The molecule has 0 unspecified atom stereocenters. The SMILES string of the molecule is CCC=[CH][Sn]([CH2]CCC)[CH2]CCC. The van der Waals surface area contributed by atoms with Crippen LogP contribution < -0.4 is 0 Å². The van der Waals surface area contributed by atoms with Crippen LogP contribution in [0.2, 0.25) is 8.87 Å². The van der Waals surface area contributed by atoms with Gasteiger partial charge in [0.25, 0.3) is 0 Å². The Bertz CT molecular complexity index is 110. The van der Waals surface area contributed by atoms with Crippen LogP contribution in [0.4, 0.5) is 0 Å². The van der Waals surface area contributed by atoms with Crippen LogP contribution in [0.25, 0.3) is 0 Å². The van der Waals surface area contributed by atoms with E-state index in [1.54, 1.807) is 8.87 Å². The Kier molecular flexibility index (Phi) is 11.1. The van der Waals surface area contributed by atoms with E-state index in [-0.39, 0.29) is 0 Å². The fraction of sp³-hybridized carbons (Fsp3) is 0.833. The number of unbranched alkanes of at least 4 members (excludes halogenated alkanes) is 2. The second kappa shape index (κ2) is 10.6. The van der Waals surface area contributed by atoms with E-state index >= 15 is 0 Å². The first-order chi connectivity index (χ1) is 6.35.